The van der Waals surface area contributed by atoms with Gasteiger partial charge < -0.3 is 9.47 Å². The van der Waals surface area contributed by atoms with Crippen molar-refractivity contribution in [1.29, 1.82) is 0 Å². The molecule has 0 saturated heterocycles. The fourth-order valence-electron chi connectivity index (χ4n) is 2.78. The normalized spacial score (nSPS) is 11.3. The highest BCUT2D eigenvalue weighted by Gasteiger charge is 2.13. The standard InChI is InChI=1S/C21H20N2O3/c1-14(17-10-6-8-15-7-4-5-9-18(15)17)22-23-21(24)19-12-11-16(25-2)13-20(19)26-3/h4-13H,1-3H3,(H,23,24)/b22-14-. The first-order valence-corrected chi connectivity index (χ1v) is 8.19. The van der Waals surface area contributed by atoms with Crippen molar-refractivity contribution >= 4 is 22.4 Å². The summed E-state index contributed by atoms with van der Waals surface area (Å²) in [6, 6.07) is 19.1. The molecular formula is C21H20N2O3. The highest BCUT2D eigenvalue weighted by Crippen LogP contribution is 2.24. The predicted molar refractivity (Wildman–Crippen MR) is 103 cm³/mol. The highest BCUT2D eigenvalue weighted by molar-refractivity contribution is 6.10. The third-order valence-corrected chi connectivity index (χ3v) is 4.16. The predicted octanol–water partition coefficient (Wildman–Crippen LogP) is 4.01. The summed E-state index contributed by atoms with van der Waals surface area (Å²) in [6.45, 7) is 1.87. The molecule has 1 amide bonds. The van der Waals surface area contributed by atoms with E-state index in [-0.39, 0.29) is 5.91 Å². The fraction of sp³-hybridized carbons (Fsp3) is 0.143. The molecule has 3 rings (SSSR count). The van der Waals surface area contributed by atoms with Crippen LogP contribution in [0.2, 0.25) is 0 Å². The number of ether oxygens (including phenoxy) is 2. The molecule has 1 N–H and O–H groups in total. The van der Waals surface area contributed by atoms with E-state index >= 15 is 0 Å². The number of carbonyl (C=O) groups excluding carboxylic acids is 1. The molecular weight excluding hydrogens is 328 g/mol. The number of hydrogen-bond donors (Lipinski definition) is 1. The molecule has 0 saturated carbocycles. The van der Waals surface area contributed by atoms with Crippen LogP contribution in [0.3, 0.4) is 0 Å². The van der Waals surface area contributed by atoms with Gasteiger partial charge in [0.1, 0.15) is 11.5 Å². The van der Waals surface area contributed by atoms with Crippen LogP contribution in [0.1, 0.15) is 22.8 Å². The van der Waals surface area contributed by atoms with Gasteiger partial charge >= 0.3 is 0 Å². The van der Waals surface area contributed by atoms with Gasteiger partial charge in [-0.25, -0.2) is 5.43 Å². The third kappa shape index (κ3) is 3.52. The lowest BCUT2D eigenvalue weighted by molar-refractivity contribution is 0.0951. The molecule has 5 nitrogen and oxygen atoms in total. The van der Waals surface area contributed by atoms with Gasteiger partial charge in [0.15, 0.2) is 0 Å². The van der Waals surface area contributed by atoms with Crippen LogP contribution in [0.15, 0.2) is 65.8 Å². The zero-order chi connectivity index (χ0) is 18.5. The molecule has 0 aromatic heterocycles. The maximum atomic E-state index is 12.5. The Hall–Kier alpha value is -3.34. The molecule has 0 aliphatic rings. The number of hydrogen-bond acceptors (Lipinski definition) is 4. The van der Waals surface area contributed by atoms with Crippen LogP contribution in [0.25, 0.3) is 10.8 Å². The lowest BCUT2D eigenvalue weighted by Crippen LogP contribution is -2.20. The molecule has 0 bridgehead atoms. The fourth-order valence-corrected chi connectivity index (χ4v) is 2.78. The molecule has 0 spiro atoms. The molecule has 3 aromatic rings. The van der Waals surface area contributed by atoms with Crippen LogP contribution in [-0.2, 0) is 0 Å². The van der Waals surface area contributed by atoms with Gasteiger partial charge in [-0.15, -0.1) is 0 Å². The minimum Gasteiger partial charge on any atom is -0.497 e. The van der Waals surface area contributed by atoms with Crippen molar-refractivity contribution in [1.82, 2.24) is 5.43 Å². The van der Waals surface area contributed by atoms with E-state index < -0.39 is 0 Å². The Kier molecular flexibility index (Phi) is 5.17. The van der Waals surface area contributed by atoms with Crippen molar-refractivity contribution in [3.63, 3.8) is 0 Å². The van der Waals surface area contributed by atoms with E-state index in [2.05, 4.69) is 10.5 Å². The van der Waals surface area contributed by atoms with E-state index in [4.69, 9.17) is 9.47 Å². The average Bonchev–Trinajstić information content (AvgIpc) is 2.70. The minimum atomic E-state index is -0.343. The van der Waals surface area contributed by atoms with Crippen LogP contribution >= 0.6 is 0 Å². The topological polar surface area (TPSA) is 59.9 Å². The van der Waals surface area contributed by atoms with E-state index in [9.17, 15) is 4.79 Å². The Morgan fingerprint density at radius 3 is 2.46 bits per heavy atom. The van der Waals surface area contributed by atoms with E-state index in [0.29, 0.717) is 17.1 Å². The van der Waals surface area contributed by atoms with Crippen molar-refractivity contribution < 1.29 is 14.3 Å². The summed E-state index contributed by atoms with van der Waals surface area (Å²) in [5, 5.41) is 6.49. The van der Waals surface area contributed by atoms with Crippen molar-refractivity contribution in [2.75, 3.05) is 14.2 Å². The second-order valence-electron chi connectivity index (χ2n) is 5.73. The zero-order valence-corrected chi connectivity index (χ0v) is 14.9. The van der Waals surface area contributed by atoms with Crippen LogP contribution in [0, 0.1) is 0 Å². The summed E-state index contributed by atoms with van der Waals surface area (Å²) in [4.78, 5) is 12.5. The summed E-state index contributed by atoms with van der Waals surface area (Å²) in [6.07, 6.45) is 0. The number of amides is 1. The molecule has 0 fully saturated rings. The van der Waals surface area contributed by atoms with Crippen LogP contribution in [0.5, 0.6) is 11.5 Å². The van der Waals surface area contributed by atoms with Crippen LogP contribution in [0.4, 0.5) is 0 Å². The molecule has 0 unspecified atom stereocenters. The molecule has 0 aliphatic carbocycles. The van der Waals surface area contributed by atoms with Gasteiger partial charge in [0.2, 0.25) is 0 Å². The zero-order valence-electron chi connectivity index (χ0n) is 14.9. The van der Waals surface area contributed by atoms with E-state index in [1.807, 2.05) is 49.4 Å². The molecule has 5 heteroatoms. The van der Waals surface area contributed by atoms with Crippen molar-refractivity contribution in [2.24, 2.45) is 5.10 Å². The van der Waals surface area contributed by atoms with Crippen molar-refractivity contribution in [2.45, 2.75) is 6.92 Å². The molecule has 26 heavy (non-hydrogen) atoms. The Bertz CT molecular complexity index is 975. The average molecular weight is 348 g/mol. The molecule has 0 heterocycles. The van der Waals surface area contributed by atoms with Gasteiger partial charge in [0, 0.05) is 11.6 Å². The SMILES string of the molecule is COc1ccc(C(=O)N/N=C(/C)c2cccc3ccccc23)c(OC)c1. The van der Waals surface area contributed by atoms with Gasteiger partial charge in [-0.05, 0) is 29.8 Å². The molecule has 0 atom stereocenters. The summed E-state index contributed by atoms with van der Waals surface area (Å²) in [5.74, 6) is 0.706. The first-order valence-electron chi connectivity index (χ1n) is 8.19. The minimum absolute atomic E-state index is 0.343. The summed E-state index contributed by atoms with van der Waals surface area (Å²) < 4.78 is 10.4. The number of fused-ring (bicyclic) bond motifs is 1. The Labute approximate surface area is 152 Å². The number of nitrogens with one attached hydrogen (secondary N) is 1. The van der Waals surface area contributed by atoms with E-state index in [1.165, 1.54) is 7.11 Å². The number of rotatable bonds is 5. The summed E-state index contributed by atoms with van der Waals surface area (Å²) in [5.41, 5.74) is 4.70. The van der Waals surface area contributed by atoms with Crippen molar-refractivity contribution in [3.8, 4) is 11.5 Å². The maximum absolute atomic E-state index is 12.5. The smallest absolute Gasteiger partial charge is 0.275 e. The van der Waals surface area contributed by atoms with Crippen molar-refractivity contribution in [3.05, 3.63) is 71.8 Å². The lowest BCUT2D eigenvalue weighted by Gasteiger charge is -2.10. The van der Waals surface area contributed by atoms with Crippen LogP contribution < -0.4 is 14.9 Å². The third-order valence-electron chi connectivity index (χ3n) is 4.16. The first kappa shape index (κ1) is 17.5. The van der Waals surface area contributed by atoms with Gasteiger partial charge in [0.25, 0.3) is 5.91 Å². The molecule has 0 aliphatic heterocycles. The Balaban J connectivity index is 1.86. The second-order valence-corrected chi connectivity index (χ2v) is 5.73. The molecule has 0 radical (unpaired) electrons. The second kappa shape index (κ2) is 7.70. The monoisotopic (exact) mass is 348 g/mol. The highest BCUT2D eigenvalue weighted by atomic mass is 16.5. The number of benzene rings is 3. The number of hydrazone groups is 1. The number of nitrogens with zero attached hydrogens (tertiary/aromatic N) is 1. The molecule has 3 aromatic carbocycles. The van der Waals surface area contributed by atoms with E-state index in [1.54, 1.807) is 25.3 Å². The first-order chi connectivity index (χ1) is 12.6. The molecule has 132 valence electrons. The lowest BCUT2D eigenvalue weighted by atomic mass is 10.0. The Morgan fingerprint density at radius 2 is 1.69 bits per heavy atom. The van der Waals surface area contributed by atoms with E-state index in [0.717, 1.165) is 22.0 Å². The summed E-state index contributed by atoms with van der Waals surface area (Å²) >= 11 is 0. The summed E-state index contributed by atoms with van der Waals surface area (Å²) in [7, 11) is 3.07. The number of carbonyl (C=O) groups is 1. The quantitative estimate of drug-likeness (QED) is 0.560. The van der Waals surface area contributed by atoms with Gasteiger partial charge in [-0.3, -0.25) is 4.79 Å². The van der Waals surface area contributed by atoms with Gasteiger partial charge in [-0.1, -0.05) is 42.5 Å². The van der Waals surface area contributed by atoms with Gasteiger partial charge in [0.05, 0.1) is 25.5 Å². The number of methoxy groups -OCH3 is 2. The largest absolute Gasteiger partial charge is 0.497 e. The Morgan fingerprint density at radius 1 is 0.923 bits per heavy atom. The maximum Gasteiger partial charge on any atom is 0.275 e. The van der Waals surface area contributed by atoms with Gasteiger partial charge in [-0.2, -0.15) is 5.10 Å². The van der Waals surface area contributed by atoms with Crippen LogP contribution in [-0.4, -0.2) is 25.8 Å².